The Morgan fingerprint density at radius 3 is 2.71 bits per heavy atom. The highest BCUT2D eigenvalue weighted by Crippen LogP contribution is 2.32. The molecule has 3 rings (SSSR count). The topological polar surface area (TPSA) is 75.4 Å². The molecule has 0 saturated carbocycles. The zero-order valence-corrected chi connectivity index (χ0v) is 12.6. The van der Waals surface area contributed by atoms with Gasteiger partial charge in [-0.1, -0.05) is 0 Å². The summed E-state index contributed by atoms with van der Waals surface area (Å²) in [5.74, 6) is -0.522. The number of nitrogens with two attached hydrogens (primary N) is 1. The Morgan fingerprint density at radius 1 is 1.29 bits per heavy atom. The molecule has 7 heteroatoms. The molecule has 0 amide bonds. The molecule has 0 aliphatic carbocycles. The van der Waals surface area contributed by atoms with Crippen LogP contribution >= 0.6 is 0 Å². The number of nitrogens with zero attached hydrogens (tertiary/aromatic N) is 1. The second kappa shape index (κ2) is 5.55. The number of benzene rings is 1. The van der Waals surface area contributed by atoms with Crippen molar-refractivity contribution in [1.29, 1.82) is 0 Å². The molecule has 0 spiro atoms. The lowest BCUT2D eigenvalue weighted by atomic mass is 10.0. The van der Waals surface area contributed by atoms with Gasteiger partial charge in [0, 0.05) is 18.6 Å². The van der Waals surface area contributed by atoms with Crippen LogP contribution in [-0.4, -0.2) is 33.6 Å². The zero-order chi connectivity index (χ0) is 15.0. The predicted molar refractivity (Wildman–Crippen MR) is 79.2 cm³/mol. The van der Waals surface area contributed by atoms with Crippen molar-refractivity contribution in [2.24, 2.45) is 5.14 Å². The molecule has 5 nitrogen and oxygen atoms in total. The molecule has 3 N–H and O–H groups in total. The second-order valence-electron chi connectivity index (χ2n) is 5.76. The average molecular weight is 313 g/mol. The van der Waals surface area contributed by atoms with E-state index >= 15 is 0 Å². The van der Waals surface area contributed by atoms with Crippen molar-refractivity contribution < 1.29 is 12.8 Å². The van der Waals surface area contributed by atoms with Gasteiger partial charge in [0.1, 0.15) is 5.82 Å². The molecule has 2 fully saturated rings. The van der Waals surface area contributed by atoms with E-state index in [2.05, 4.69) is 10.2 Å². The first-order chi connectivity index (χ1) is 9.97. The maximum atomic E-state index is 14.3. The van der Waals surface area contributed by atoms with Gasteiger partial charge in [0.05, 0.1) is 10.6 Å². The Morgan fingerprint density at radius 2 is 2.10 bits per heavy atom. The minimum Gasteiger partial charge on any atom is -0.365 e. The number of anilines is 1. The Hall–Kier alpha value is -1.18. The summed E-state index contributed by atoms with van der Waals surface area (Å²) in [6, 6.07) is 4.60. The standard InChI is InChI=1S/C14H20FN3O2S/c15-11-9-10(21(16,19)20)5-6-13(11)18-8-2-4-14(18)12-3-1-7-17-12/h5-6,9,12,14,17H,1-4,7-8H2,(H2,16,19,20). The first-order valence-electron chi connectivity index (χ1n) is 7.29. The van der Waals surface area contributed by atoms with Crippen LogP contribution in [0.2, 0.25) is 0 Å². The number of nitrogens with one attached hydrogen (secondary N) is 1. The molecule has 21 heavy (non-hydrogen) atoms. The van der Waals surface area contributed by atoms with Crippen molar-refractivity contribution in [3.63, 3.8) is 0 Å². The van der Waals surface area contributed by atoms with Gasteiger partial charge < -0.3 is 10.2 Å². The lowest BCUT2D eigenvalue weighted by Gasteiger charge is -2.31. The van der Waals surface area contributed by atoms with Crippen LogP contribution in [-0.2, 0) is 10.0 Å². The number of sulfonamides is 1. The van der Waals surface area contributed by atoms with E-state index in [9.17, 15) is 12.8 Å². The van der Waals surface area contributed by atoms with E-state index in [-0.39, 0.29) is 10.9 Å². The first kappa shape index (κ1) is 14.7. The fourth-order valence-electron chi connectivity index (χ4n) is 3.45. The molecule has 2 saturated heterocycles. The second-order valence-corrected chi connectivity index (χ2v) is 7.33. The van der Waals surface area contributed by atoms with E-state index in [1.807, 2.05) is 0 Å². The molecule has 0 radical (unpaired) electrons. The molecule has 0 bridgehead atoms. The largest absolute Gasteiger partial charge is 0.365 e. The smallest absolute Gasteiger partial charge is 0.238 e. The summed E-state index contributed by atoms with van der Waals surface area (Å²) in [6.07, 6.45) is 4.33. The highest BCUT2D eigenvalue weighted by molar-refractivity contribution is 7.89. The van der Waals surface area contributed by atoms with Crippen LogP contribution in [0, 0.1) is 5.82 Å². The van der Waals surface area contributed by atoms with Gasteiger partial charge in [-0.3, -0.25) is 0 Å². The van der Waals surface area contributed by atoms with E-state index in [4.69, 9.17) is 5.14 Å². The summed E-state index contributed by atoms with van der Waals surface area (Å²) in [5.41, 5.74) is 0.471. The third-order valence-electron chi connectivity index (χ3n) is 4.42. The molecule has 2 atom stereocenters. The third-order valence-corrected chi connectivity index (χ3v) is 5.33. The summed E-state index contributed by atoms with van der Waals surface area (Å²) in [4.78, 5) is 1.88. The van der Waals surface area contributed by atoms with Gasteiger partial charge in [-0.2, -0.15) is 0 Å². The van der Waals surface area contributed by atoms with Crippen molar-refractivity contribution in [1.82, 2.24) is 5.32 Å². The van der Waals surface area contributed by atoms with Gasteiger partial charge >= 0.3 is 0 Å². The molecule has 116 valence electrons. The minimum absolute atomic E-state index is 0.182. The van der Waals surface area contributed by atoms with Crippen LogP contribution in [0.15, 0.2) is 23.1 Å². The summed E-state index contributed by atoms with van der Waals surface area (Å²) < 4.78 is 36.9. The summed E-state index contributed by atoms with van der Waals surface area (Å²) in [7, 11) is -3.87. The number of primary sulfonamides is 1. The highest BCUT2D eigenvalue weighted by Gasteiger charge is 2.34. The van der Waals surface area contributed by atoms with Gasteiger partial charge in [0.25, 0.3) is 0 Å². The van der Waals surface area contributed by atoms with Crippen LogP contribution in [0.1, 0.15) is 25.7 Å². The highest BCUT2D eigenvalue weighted by atomic mass is 32.2. The fourth-order valence-corrected chi connectivity index (χ4v) is 3.97. The monoisotopic (exact) mass is 313 g/mol. The minimum atomic E-state index is -3.87. The van der Waals surface area contributed by atoms with E-state index < -0.39 is 15.8 Å². The Labute approximate surface area is 124 Å². The number of hydrogen-bond donors (Lipinski definition) is 2. The summed E-state index contributed by atoms with van der Waals surface area (Å²) >= 11 is 0. The van der Waals surface area contributed by atoms with Crippen LogP contribution in [0.4, 0.5) is 10.1 Å². The molecule has 2 aliphatic rings. The van der Waals surface area contributed by atoms with Crippen molar-refractivity contribution in [3.8, 4) is 0 Å². The van der Waals surface area contributed by atoms with Gasteiger partial charge in [0.2, 0.25) is 10.0 Å². The maximum absolute atomic E-state index is 14.3. The molecular weight excluding hydrogens is 293 g/mol. The average Bonchev–Trinajstić information content (AvgIpc) is 3.08. The molecule has 0 aromatic heterocycles. The molecule has 2 aliphatic heterocycles. The fraction of sp³-hybridized carbons (Fsp3) is 0.571. The van der Waals surface area contributed by atoms with Crippen molar-refractivity contribution in [2.75, 3.05) is 18.0 Å². The number of halogens is 1. The molecule has 1 aromatic carbocycles. The zero-order valence-electron chi connectivity index (χ0n) is 11.8. The molecule has 2 heterocycles. The molecular formula is C14H20FN3O2S. The lowest BCUT2D eigenvalue weighted by molar-refractivity contribution is 0.477. The van der Waals surface area contributed by atoms with Crippen molar-refractivity contribution >= 4 is 15.7 Å². The Bertz CT molecular complexity index is 629. The van der Waals surface area contributed by atoms with E-state index in [1.54, 1.807) is 0 Å². The lowest BCUT2D eigenvalue weighted by Crippen LogP contribution is -2.44. The number of hydrogen-bond acceptors (Lipinski definition) is 4. The van der Waals surface area contributed by atoms with Crippen LogP contribution < -0.4 is 15.4 Å². The van der Waals surface area contributed by atoms with Gasteiger partial charge in [-0.05, 0) is 50.4 Å². The first-order valence-corrected chi connectivity index (χ1v) is 8.84. The van der Waals surface area contributed by atoms with Crippen molar-refractivity contribution in [3.05, 3.63) is 24.0 Å². The SMILES string of the molecule is NS(=O)(=O)c1ccc(N2CCCC2C2CCCN2)c(F)c1. The maximum Gasteiger partial charge on any atom is 0.238 e. The summed E-state index contributed by atoms with van der Waals surface area (Å²) in [5, 5.41) is 8.51. The third kappa shape index (κ3) is 2.90. The van der Waals surface area contributed by atoms with E-state index in [0.29, 0.717) is 11.7 Å². The quantitative estimate of drug-likeness (QED) is 0.879. The van der Waals surface area contributed by atoms with E-state index in [1.165, 1.54) is 12.1 Å². The van der Waals surface area contributed by atoms with Gasteiger partial charge in [-0.15, -0.1) is 0 Å². The predicted octanol–water partition coefficient (Wildman–Crippen LogP) is 1.19. The van der Waals surface area contributed by atoms with Crippen LogP contribution in [0.5, 0.6) is 0 Å². The van der Waals surface area contributed by atoms with E-state index in [0.717, 1.165) is 44.8 Å². The van der Waals surface area contributed by atoms with Crippen molar-refractivity contribution in [2.45, 2.75) is 42.7 Å². The Balaban J connectivity index is 1.89. The van der Waals surface area contributed by atoms with Crippen LogP contribution in [0.3, 0.4) is 0 Å². The van der Waals surface area contributed by atoms with Crippen LogP contribution in [0.25, 0.3) is 0 Å². The van der Waals surface area contributed by atoms with Gasteiger partial charge in [-0.25, -0.2) is 17.9 Å². The van der Waals surface area contributed by atoms with Gasteiger partial charge in [0.15, 0.2) is 0 Å². The molecule has 2 unspecified atom stereocenters. The number of rotatable bonds is 3. The Kier molecular flexibility index (Phi) is 3.90. The summed E-state index contributed by atoms with van der Waals surface area (Å²) in [6.45, 7) is 1.82. The normalized spacial score (nSPS) is 26.5. The molecule has 1 aromatic rings.